The fourth-order valence-corrected chi connectivity index (χ4v) is 2.80. The van der Waals surface area contributed by atoms with E-state index >= 15 is 0 Å². The molecule has 0 aliphatic carbocycles. The van der Waals surface area contributed by atoms with Crippen LogP contribution in [0.4, 0.5) is 5.69 Å². The van der Waals surface area contributed by atoms with Crippen molar-refractivity contribution in [3.8, 4) is 0 Å². The standard InChI is InChI=1S/C15H25N3O/c1-17(2)10-14-9-15(19)11-18(14)8-7-12-3-5-13(16)6-4-12/h3-6,14-15,19H,7-11,16H2,1-2H3. The van der Waals surface area contributed by atoms with Crippen LogP contribution in [0.1, 0.15) is 12.0 Å². The van der Waals surface area contributed by atoms with Crippen LogP contribution in [0.15, 0.2) is 24.3 Å². The van der Waals surface area contributed by atoms with Crippen LogP contribution in [0.3, 0.4) is 0 Å². The first kappa shape index (κ1) is 14.3. The number of anilines is 1. The summed E-state index contributed by atoms with van der Waals surface area (Å²) in [5.41, 5.74) is 7.81. The van der Waals surface area contributed by atoms with Gasteiger partial charge >= 0.3 is 0 Å². The predicted molar refractivity (Wildman–Crippen MR) is 79.1 cm³/mol. The van der Waals surface area contributed by atoms with E-state index in [9.17, 15) is 5.11 Å². The van der Waals surface area contributed by atoms with E-state index in [0.29, 0.717) is 6.04 Å². The third-order valence-corrected chi connectivity index (χ3v) is 3.75. The summed E-state index contributed by atoms with van der Waals surface area (Å²) >= 11 is 0. The van der Waals surface area contributed by atoms with E-state index in [1.807, 2.05) is 12.1 Å². The molecule has 0 amide bonds. The van der Waals surface area contributed by atoms with Gasteiger partial charge in [-0.3, -0.25) is 4.90 Å². The molecule has 1 aliphatic heterocycles. The Balaban J connectivity index is 1.88. The molecule has 1 heterocycles. The monoisotopic (exact) mass is 263 g/mol. The molecule has 1 fully saturated rings. The molecule has 3 N–H and O–H groups in total. The van der Waals surface area contributed by atoms with Gasteiger partial charge in [0.2, 0.25) is 0 Å². The van der Waals surface area contributed by atoms with E-state index in [-0.39, 0.29) is 6.10 Å². The number of hydrogen-bond donors (Lipinski definition) is 2. The highest BCUT2D eigenvalue weighted by molar-refractivity contribution is 5.39. The lowest BCUT2D eigenvalue weighted by Crippen LogP contribution is -2.38. The number of nitrogen functional groups attached to an aromatic ring is 1. The van der Waals surface area contributed by atoms with Crippen LogP contribution in [0.2, 0.25) is 0 Å². The minimum Gasteiger partial charge on any atom is -0.399 e. The van der Waals surface area contributed by atoms with E-state index < -0.39 is 0 Å². The van der Waals surface area contributed by atoms with Crippen LogP contribution in [0.5, 0.6) is 0 Å². The van der Waals surface area contributed by atoms with Crippen molar-refractivity contribution in [3.05, 3.63) is 29.8 Å². The molecule has 0 spiro atoms. The van der Waals surface area contributed by atoms with Crippen molar-refractivity contribution in [2.75, 3.05) is 39.5 Å². The molecule has 2 unspecified atom stereocenters. The van der Waals surface area contributed by atoms with E-state index in [2.05, 4.69) is 36.0 Å². The van der Waals surface area contributed by atoms with Crippen molar-refractivity contribution in [2.45, 2.75) is 25.0 Å². The zero-order valence-corrected chi connectivity index (χ0v) is 11.9. The average molecular weight is 263 g/mol. The molecule has 1 aromatic carbocycles. The molecular weight excluding hydrogens is 238 g/mol. The topological polar surface area (TPSA) is 52.7 Å². The molecule has 1 aliphatic rings. The number of rotatable bonds is 5. The zero-order chi connectivity index (χ0) is 13.8. The number of β-amino-alcohol motifs (C(OH)–C–C–N with tert-alkyl or cyclic N) is 1. The van der Waals surface area contributed by atoms with E-state index in [1.165, 1.54) is 5.56 Å². The number of aliphatic hydroxyl groups is 1. The zero-order valence-electron chi connectivity index (χ0n) is 11.9. The summed E-state index contributed by atoms with van der Waals surface area (Å²) in [5, 5.41) is 9.84. The largest absolute Gasteiger partial charge is 0.399 e. The number of nitrogens with zero attached hydrogens (tertiary/aromatic N) is 2. The SMILES string of the molecule is CN(C)CC1CC(O)CN1CCc1ccc(N)cc1. The van der Waals surface area contributed by atoms with Crippen molar-refractivity contribution < 1.29 is 5.11 Å². The summed E-state index contributed by atoms with van der Waals surface area (Å²) < 4.78 is 0. The van der Waals surface area contributed by atoms with Crippen molar-refractivity contribution in [3.63, 3.8) is 0 Å². The van der Waals surface area contributed by atoms with E-state index in [1.54, 1.807) is 0 Å². The minimum atomic E-state index is -0.170. The maximum absolute atomic E-state index is 9.84. The van der Waals surface area contributed by atoms with Gasteiger partial charge in [0.25, 0.3) is 0 Å². The second-order valence-electron chi connectivity index (χ2n) is 5.79. The second-order valence-corrected chi connectivity index (χ2v) is 5.79. The maximum Gasteiger partial charge on any atom is 0.0682 e. The lowest BCUT2D eigenvalue weighted by atomic mass is 10.1. The van der Waals surface area contributed by atoms with Crippen LogP contribution in [-0.2, 0) is 6.42 Å². The van der Waals surface area contributed by atoms with Gasteiger partial charge in [0.15, 0.2) is 0 Å². The molecule has 2 atom stereocenters. The second kappa shape index (κ2) is 6.37. The predicted octanol–water partition coefficient (Wildman–Crippen LogP) is 0.808. The Morgan fingerprint density at radius 3 is 2.63 bits per heavy atom. The Labute approximate surface area is 115 Å². The number of likely N-dealkylation sites (N-methyl/N-ethyl adjacent to an activating group) is 1. The number of benzene rings is 1. The smallest absolute Gasteiger partial charge is 0.0682 e. The maximum atomic E-state index is 9.84. The average Bonchev–Trinajstić information content (AvgIpc) is 2.68. The summed E-state index contributed by atoms with van der Waals surface area (Å²) in [7, 11) is 4.17. The lowest BCUT2D eigenvalue weighted by Gasteiger charge is -2.26. The van der Waals surface area contributed by atoms with Crippen LogP contribution >= 0.6 is 0 Å². The van der Waals surface area contributed by atoms with Crippen molar-refractivity contribution in [1.82, 2.24) is 9.80 Å². The molecule has 106 valence electrons. The van der Waals surface area contributed by atoms with Gasteiger partial charge in [-0.25, -0.2) is 0 Å². The van der Waals surface area contributed by atoms with E-state index in [4.69, 9.17) is 5.73 Å². The highest BCUT2D eigenvalue weighted by Gasteiger charge is 2.30. The number of aliphatic hydroxyl groups excluding tert-OH is 1. The molecule has 0 bridgehead atoms. The van der Waals surface area contributed by atoms with E-state index in [0.717, 1.165) is 38.2 Å². The first-order valence-electron chi connectivity index (χ1n) is 6.96. The van der Waals surface area contributed by atoms with Crippen LogP contribution in [0.25, 0.3) is 0 Å². The molecule has 4 heteroatoms. The molecule has 1 aromatic rings. The Hall–Kier alpha value is -1.10. The lowest BCUT2D eigenvalue weighted by molar-refractivity contribution is 0.173. The third-order valence-electron chi connectivity index (χ3n) is 3.75. The molecule has 2 rings (SSSR count). The molecule has 0 aromatic heterocycles. The Kier molecular flexibility index (Phi) is 4.80. The normalized spacial score (nSPS) is 24.2. The third kappa shape index (κ3) is 4.20. The highest BCUT2D eigenvalue weighted by Crippen LogP contribution is 2.19. The Morgan fingerprint density at radius 2 is 2.00 bits per heavy atom. The summed E-state index contributed by atoms with van der Waals surface area (Å²) in [6, 6.07) is 8.54. The van der Waals surface area contributed by atoms with Crippen molar-refractivity contribution in [1.29, 1.82) is 0 Å². The number of nitrogens with two attached hydrogens (primary N) is 1. The minimum absolute atomic E-state index is 0.170. The molecule has 19 heavy (non-hydrogen) atoms. The molecular formula is C15H25N3O. The Morgan fingerprint density at radius 1 is 1.32 bits per heavy atom. The van der Waals surface area contributed by atoms with Crippen LogP contribution in [0, 0.1) is 0 Å². The van der Waals surface area contributed by atoms with Gasteiger partial charge in [-0.1, -0.05) is 12.1 Å². The Bertz CT molecular complexity index is 391. The van der Waals surface area contributed by atoms with Crippen LogP contribution in [-0.4, -0.2) is 60.8 Å². The van der Waals surface area contributed by atoms with Crippen molar-refractivity contribution >= 4 is 5.69 Å². The fourth-order valence-electron chi connectivity index (χ4n) is 2.80. The molecule has 1 saturated heterocycles. The van der Waals surface area contributed by atoms with Crippen LogP contribution < -0.4 is 5.73 Å². The summed E-state index contributed by atoms with van der Waals surface area (Å²) in [6.07, 6.45) is 1.73. The summed E-state index contributed by atoms with van der Waals surface area (Å²) in [5.74, 6) is 0. The first-order valence-corrected chi connectivity index (χ1v) is 6.96. The quantitative estimate of drug-likeness (QED) is 0.772. The van der Waals surface area contributed by atoms with Gasteiger partial charge in [0.1, 0.15) is 0 Å². The summed E-state index contributed by atoms with van der Waals surface area (Å²) in [4.78, 5) is 4.60. The molecule has 4 nitrogen and oxygen atoms in total. The van der Waals surface area contributed by atoms with Gasteiger partial charge in [0, 0.05) is 31.4 Å². The van der Waals surface area contributed by atoms with Gasteiger partial charge in [-0.05, 0) is 44.6 Å². The van der Waals surface area contributed by atoms with Gasteiger partial charge in [0.05, 0.1) is 6.10 Å². The number of likely N-dealkylation sites (tertiary alicyclic amines) is 1. The van der Waals surface area contributed by atoms with Gasteiger partial charge in [-0.15, -0.1) is 0 Å². The first-order chi connectivity index (χ1) is 9.04. The highest BCUT2D eigenvalue weighted by atomic mass is 16.3. The molecule has 0 radical (unpaired) electrons. The van der Waals surface area contributed by atoms with Gasteiger partial charge < -0.3 is 15.7 Å². The fraction of sp³-hybridized carbons (Fsp3) is 0.600. The van der Waals surface area contributed by atoms with Crippen molar-refractivity contribution in [2.24, 2.45) is 0 Å². The van der Waals surface area contributed by atoms with Gasteiger partial charge in [-0.2, -0.15) is 0 Å². The number of hydrogen-bond acceptors (Lipinski definition) is 4. The molecule has 0 saturated carbocycles. The summed E-state index contributed by atoms with van der Waals surface area (Å²) in [6.45, 7) is 2.81.